The van der Waals surface area contributed by atoms with Gasteiger partial charge in [0.15, 0.2) is 5.65 Å². The third kappa shape index (κ3) is 3.48. The first-order valence-corrected chi connectivity index (χ1v) is 9.74. The lowest BCUT2D eigenvalue weighted by Gasteiger charge is -2.13. The van der Waals surface area contributed by atoms with Gasteiger partial charge in [0.25, 0.3) is 0 Å². The number of ether oxygens (including phenoxy) is 1. The molecule has 0 amide bonds. The first-order valence-electron chi connectivity index (χ1n) is 9.74. The average Bonchev–Trinajstić information content (AvgIpc) is 3.41. The van der Waals surface area contributed by atoms with E-state index in [1.54, 1.807) is 4.68 Å². The second-order valence-corrected chi connectivity index (χ2v) is 8.22. The number of anilines is 1. The van der Waals surface area contributed by atoms with E-state index < -0.39 is 5.67 Å². The minimum atomic E-state index is -1.43. The molecule has 0 unspecified atom stereocenters. The topological polar surface area (TPSA) is 78.9 Å². The zero-order valence-corrected chi connectivity index (χ0v) is 16.4. The minimum absolute atomic E-state index is 0.0788. The molecule has 7 heteroatoms. The number of hydrogen-bond donors (Lipinski definition) is 1. The van der Waals surface area contributed by atoms with E-state index in [1.807, 2.05) is 24.3 Å². The molecule has 29 heavy (non-hydrogen) atoms. The van der Waals surface area contributed by atoms with Crippen LogP contribution in [0.1, 0.15) is 26.7 Å². The molecule has 4 aromatic rings. The highest BCUT2D eigenvalue weighted by Gasteiger charge is 2.24. The first-order chi connectivity index (χ1) is 13.9. The quantitative estimate of drug-likeness (QED) is 0.541. The summed E-state index contributed by atoms with van der Waals surface area (Å²) in [6.07, 6.45) is 4.01. The summed E-state index contributed by atoms with van der Waals surface area (Å²) in [5.41, 5.74) is 6.78. The zero-order chi connectivity index (χ0) is 20.2. The van der Waals surface area contributed by atoms with Crippen molar-refractivity contribution < 1.29 is 9.13 Å². The van der Waals surface area contributed by atoms with Crippen LogP contribution in [0, 0.1) is 0 Å². The monoisotopic (exact) mass is 391 g/mol. The SMILES string of the molecule is CC(C)(F)Cn1nc(-c2ccc3cc(OC4CC4)ccc3c2)c2c(N)ncnc21. The summed E-state index contributed by atoms with van der Waals surface area (Å²) < 4.78 is 21.8. The van der Waals surface area contributed by atoms with Crippen LogP contribution >= 0.6 is 0 Å². The fraction of sp³-hybridized carbons (Fsp3) is 0.318. The van der Waals surface area contributed by atoms with E-state index in [9.17, 15) is 4.39 Å². The van der Waals surface area contributed by atoms with Crippen LogP contribution in [0.2, 0.25) is 0 Å². The number of fused-ring (bicyclic) bond motifs is 2. The molecule has 0 aliphatic heterocycles. The van der Waals surface area contributed by atoms with Crippen LogP contribution < -0.4 is 10.5 Å². The van der Waals surface area contributed by atoms with Gasteiger partial charge in [-0.25, -0.2) is 19.0 Å². The maximum Gasteiger partial charge on any atom is 0.164 e. The molecule has 2 N–H and O–H groups in total. The molecule has 0 atom stereocenters. The number of benzene rings is 2. The van der Waals surface area contributed by atoms with Crippen molar-refractivity contribution in [3.63, 3.8) is 0 Å². The Kier molecular flexibility index (Phi) is 3.94. The van der Waals surface area contributed by atoms with Crippen LogP contribution in [-0.2, 0) is 6.54 Å². The van der Waals surface area contributed by atoms with Gasteiger partial charge >= 0.3 is 0 Å². The van der Waals surface area contributed by atoms with Crippen molar-refractivity contribution in [3.05, 3.63) is 42.7 Å². The van der Waals surface area contributed by atoms with E-state index in [-0.39, 0.29) is 6.54 Å². The molecular formula is C22H22FN5O. The third-order valence-corrected chi connectivity index (χ3v) is 5.00. The van der Waals surface area contributed by atoms with Gasteiger partial charge in [-0.15, -0.1) is 0 Å². The average molecular weight is 391 g/mol. The molecule has 1 saturated carbocycles. The largest absolute Gasteiger partial charge is 0.490 e. The zero-order valence-electron chi connectivity index (χ0n) is 16.4. The summed E-state index contributed by atoms with van der Waals surface area (Å²) in [5, 5.41) is 7.44. The number of rotatable bonds is 5. The van der Waals surface area contributed by atoms with Gasteiger partial charge in [-0.1, -0.05) is 18.2 Å². The number of alkyl halides is 1. The van der Waals surface area contributed by atoms with E-state index in [0.717, 1.165) is 34.9 Å². The van der Waals surface area contributed by atoms with E-state index in [1.165, 1.54) is 20.2 Å². The Labute approximate surface area is 167 Å². The predicted octanol–water partition coefficient (Wildman–Crippen LogP) is 4.52. The fourth-order valence-corrected chi connectivity index (χ4v) is 3.52. The van der Waals surface area contributed by atoms with Crippen molar-refractivity contribution in [1.29, 1.82) is 0 Å². The van der Waals surface area contributed by atoms with E-state index >= 15 is 0 Å². The Morgan fingerprint density at radius 3 is 2.66 bits per heavy atom. The molecule has 148 valence electrons. The number of hydrogen-bond acceptors (Lipinski definition) is 5. The van der Waals surface area contributed by atoms with Gasteiger partial charge in [-0.2, -0.15) is 5.10 Å². The van der Waals surface area contributed by atoms with Gasteiger partial charge in [-0.3, -0.25) is 0 Å². The van der Waals surface area contributed by atoms with Gasteiger partial charge in [-0.05, 0) is 55.7 Å². The van der Waals surface area contributed by atoms with Gasteiger partial charge < -0.3 is 10.5 Å². The Morgan fingerprint density at radius 1 is 1.14 bits per heavy atom. The fourth-order valence-electron chi connectivity index (χ4n) is 3.52. The predicted molar refractivity (Wildman–Crippen MR) is 112 cm³/mol. The first kappa shape index (κ1) is 17.8. The summed E-state index contributed by atoms with van der Waals surface area (Å²) in [5.74, 6) is 1.23. The summed E-state index contributed by atoms with van der Waals surface area (Å²) in [6, 6.07) is 12.2. The van der Waals surface area contributed by atoms with Crippen LogP contribution in [0.3, 0.4) is 0 Å². The molecule has 2 heterocycles. The number of halogens is 1. The number of nitrogens with zero attached hydrogens (tertiary/aromatic N) is 4. The van der Waals surface area contributed by atoms with Crippen LogP contribution in [0.4, 0.5) is 10.2 Å². The van der Waals surface area contributed by atoms with Crippen molar-refractivity contribution >= 4 is 27.6 Å². The smallest absolute Gasteiger partial charge is 0.164 e. The Balaban J connectivity index is 1.61. The Bertz CT molecular complexity index is 1220. The molecule has 2 aromatic carbocycles. The lowest BCUT2D eigenvalue weighted by atomic mass is 10.0. The van der Waals surface area contributed by atoms with Crippen LogP contribution in [0.25, 0.3) is 33.1 Å². The number of nitrogens with two attached hydrogens (primary N) is 1. The maximum atomic E-state index is 14.3. The van der Waals surface area contributed by atoms with E-state index in [2.05, 4.69) is 27.2 Å². The highest BCUT2D eigenvalue weighted by Crippen LogP contribution is 2.34. The van der Waals surface area contributed by atoms with Gasteiger partial charge in [0.05, 0.1) is 18.0 Å². The van der Waals surface area contributed by atoms with Crippen molar-refractivity contribution in [3.8, 4) is 17.0 Å². The van der Waals surface area contributed by atoms with E-state index in [0.29, 0.717) is 28.6 Å². The van der Waals surface area contributed by atoms with Crippen molar-refractivity contribution in [1.82, 2.24) is 19.7 Å². The summed E-state index contributed by atoms with van der Waals surface area (Å²) in [7, 11) is 0. The molecular weight excluding hydrogens is 369 g/mol. The van der Waals surface area contributed by atoms with Crippen molar-refractivity contribution in [2.45, 2.75) is 45.0 Å². The van der Waals surface area contributed by atoms with Crippen LogP contribution in [0.15, 0.2) is 42.7 Å². The molecule has 0 radical (unpaired) electrons. The van der Waals surface area contributed by atoms with Gasteiger partial charge in [0.1, 0.15) is 29.3 Å². The van der Waals surface area contributed by atoms with Crippen LogP contribution in [0.5, 0.6) is 5.75 Å². The normalized spacial score (nSPS) is 14.6. The Morgan fingerprint density at radius 2 is 1.90 bits per heavy atom. The number of nitrogen functional groups attached to an aromatic ring is 1. The Hall–Kier alpha value is -3.22. The highest BCUT2D eigenvalue weighted by molar-refractivity contribution is 6.00. The molecule has 1 aliphatic rings. The van der Waals surface area contributed by atoms with E-state index in [4.69, 9.17) is 10.5 Å². The molecule has 1 aliphatic carbocycles. The molecule has 0 spiro atoms. The standard InChI is InChI=1S/C22H22FN5O/c1-22(2,23)11-28-21-18(20(24)25-12-26-21)19(27-28)15-4-3-14-10-17(29-16-7-8-16)6-5-13(14)9-15/h3-6,9-10,12,16H,7-8,11H2,1-2H3,(H2,24,25,26). The number of aromatic nitrogens is 4. The summed E-state index contributed by atoms with van der Waals surface area (Å²) in [4.78, 5) is 8.42. The summed E-state index contributed by atoms with van der Waals surface area (Å²) >= 11 is 0. The molecule has 0 saturated heterocycles. The second-order valence-electron chi connectivity index (χ2n) is 8.22. The third-order valence-electron chi connectivity index (χ3n) is 5.00. The summed E-state index contributed by atoms with van der Waals surface area (Å²) in [6.45, 7) is 3.11. The molecule has 2 aromatic heterocycles. The van der Waals surface area contributed by atoms with Crippen LogP contribution in [-0.4, -0.2) is 31.5 Å². The maximum absolute atomic E-state index is 14.3. The van der Waals surface area contributed by atoms with Crippen molar-refractivity contribution in [2.75, 3.05) is 5.73 Å². The van der Waals surface area contributed by atoms with Crippen molar-refractivity contribution in [2.24, 2.45) is 0 Å². The van der Waals surface area contributed by atoms with Gasteiger partial charge in [0, 0.05) is 5.56 Å². The molecule has 5 rings (SSSR count). The molecule has 6 nitrogen and oxygen atoms in total. The molecule has 1 fully saturated rings. The molecule has 0 bridgehead atoms. The minimum Gasteiger partial charge on any atom is -0.490 e. The van der Waals surface area contributed by atoms with Gasteiger partial charge in [0.2, 0.25) is 0 Å². The highest BCUT2D eigenvalue weighted by atomic mass is 19.1. The lowest BCUT2D eigenvalue weighted by molar-refractivity contribution is 0.181. The lowest BCUT2D eigenvalue weighted by Crippen LogP contribution is -2.22. The second kappa shape index (κ2) is 6.40.